The topological polar surface area (TPSA) is 95.8 Å². The molecule has 0 radical (unpaired) electrons. The second kappa shape index (κ2) is 10.2. The van der Waals surface area contributed by atoms with Crippen molar-refractivity contribution in [3.05, 3.63) is 35.4 Å². The summed E-state index contributed by atoms with van der Waals surface area (Å²) in [4.78, 5) is 18.6. The Morgan fingerprint density at radius 1 is 1.39 bits per heavy atom. The summed E-state index contributed by atoms with van der Waals surface area (Å²) in [5, 5.41) is 17.1. The van der Waals surface area contributed by atoms with E-state index in [0.717, 1.165) is 62.3 Å². The number of carboxylic acid groups (broad SMARTS) is 1. The number of hydrogen-bond donors (Lipinski definition) is 2. The number of carboxylic acids is 1. The monoisotopic (exact) mass is 388 g/mol. The van der Waals surface area contributed by atoms with E-state index < -0.39 is 5.97 Å². The van der Waals surface area contributed by atoms with Gasteiger partial charge in [-0.25, -0.2) is 4.79 Å². The number of rotatable bonds is 9. The van der Waals surface area contributed by atoms with Crippen molar-refractivity contribution >= 4 is 17.9 Å². The molecule has 0 spiro atoms. The molecule has 152 valence electrons. The molecule has 0 saturated carbocycles. The Hall–Kier alpha value is -2.45. The predicted octanol–water partition coefficient (Wildman–Crippen LogP) is 1.69. The van der Waals surface area contributed by atoms with E-state index >= 15 is 0 Å². The van der Waals surface area contributed by atoms with Gasteiger partial charge in [-0.1, -0.05) is 29.4 Å². The van der Waals surface area contributed by atoms with E-state index in [0.29, 0.717) is 0 Å². The molecule has 0 aromatic heterocycles. The van der Waals surface area contributed by atoms with Gasteiger partial charge in [0.05, 0.1) is 18.0 Å². The summed E-state index contributed by atoms with van der Waals surface area (Å²) in [6.07, 6.45) is 4.39. The molecule has 1 atom stereocenters. The molecule has 1 saturated heterocycles. The Morgan fingerprint density at radius 2 is 2.14 bits per heavy atom. The van der Waals surface area contributed by atoms with Gasteiger partial charge in [0.25, 0.3) is 0 Å². The number of hydrogen-bond acceptors (Lipinski definition) is 7. The molecule has 0 aliphatic carbocycles. The SMILES string of the molecule is CCNN=Cc1ccc(C2=NOC(CN3CCC(OCC(=O)O)CC3)C2)cc1. The highest BCUT2D eigenvalue weighted by Gasteiger charge is 2.27. The van der Waals surface area contributed by atoms with Gasteiger partial charge in [-0.15, -0.1) is 0 Å². The fourth-order valence-corrected chi connectivity index (χ4v) is 3.41. The number of nitrogens with one attached hydrogen (secondary N) is 1. The molecule has 28 heavy (non-hydrogen) atoms. The van der Waals surface area contributed by atoms with E-state index in [1.54, 1.807) is 6.21 Å². The molecular weight excluding hydrogens is 360 g/mol. The van der Waals surface area contributed by atoms with Crippen LogP contribution in [0.5, 0.6) is 0 Å². The summed E-state index contributed by atoms with van der Waals surface area (Å²) in [6, 6.07) is 8.13. The van der Waals surface area contributed by atoms with E-state index in [-0.39, 0.29) is 18.8 Å². The molecule has 8 heteroatoms. The Morgan fingerprint density at radius 3 is 2.82 bits per heavy atom. The van der Waals surface area contributed by atoms with Gasteiger partial charge in [0, 0.05) is 32.6 Å². The van der Waals surface area contributed by atoms with Gasteiger partial charge >= 0.3 is 5.97 Å². The molecule has 3 rings (SSSR count). The van der Waals surface area contributed by atoms with Crippen molar-refractivity contribution < 1.29 is 19.5 Å². The van der Waals surface area contributed by atoms with Crippen molar-refractivity contribution in [2.75, 3.05) is 32.8 Å². The Labute approximate surface area is 165 Å². The van der Waals surface area contributed by atoms with E-state index in [1.807, 2.05) is 31.2 Å². The van der Waals surface area contributed by atoms with Gasteiger partial charge in [0.15, 0.2) is 0 Å². The third-order valence-corrected chi connectivity index (χ3v) is 4.88. The van der Waals surface area contributed by atoms with Gasteiger partial charge in [0.2, 0.25) is 0 Å². The van der Waals surface area contributed by atoms with Crippen LogP contribution in [0, 0.1) is 0 Å². The normalized spacial score (nSPS) is 20.9. The molecule has 1 aromatic rings. The number of piperidine rings is 1. The Bertz CT molecular complexity index is 697. The number of hydrazone groups is 1. The van der Waals surface area contributed by atoms with Gasteiger partial charge in [-0.3, -0.25) is 4.90 Å². The molecule has 8 nitrogen and oxygen atoms in total. The number of carbonyl (C=O) groups is 1. The van der Waals surface area contributed by atoms with E-state index in [4.69, 9.17) is 14.7 Å². The molecule has 1 fully saturated rings. The molecule has 2 aliphatic rings. The van der Waals surface area contributed by atoms with Gasteiger partial charge < -0.3 is 20.1 Å². The smallest absolute Gasteiger partial charge is 0.329 e. The first-order chi connectivity index (χ1) is 13.6. The summed E-state index contributed by atoms with van der Waals surface area (Å²) >= 11 is 0. The molecular formula is C20H28N4O4. The van der Waals surface area contributed by atoms with Gasteiger partial charge in [-0.2, -0.15) is 5.10 Å². The minimum Gasteiger partial charge on any atom is -0.480 e. The standard InChI is InChI=1S/C20H28N4O4/c1-2-21-22-12-15-3-5-16(6-4-15)19-11-18(28-23-19)13-24-9-7-17(8-10-24)27-14-20(25)26/h3-6,12,17-18,21H,2,7-11,13-14H2,1H3,(H,25,26). The number of nitrogens with zero attached hydrogens (tertiary/aromatic N) is 3. The quantitative estimate of drug-likeness (QED) is 0.494. The van der Waals surface area contributed by atoms with Crippen molar-refractivity contribution in [2.45, 2.75) is 38.4 Å². The second-order valence-corrected chi connectivity index (χ2v) is 7.07. The van der Waals surface area contributed by atoms with E-state index in [9.17, 15) is 4.79 Å². The molecule has 1 aromatic carbocycles. The van der Waals surface area contributed by atoms with Crippen LogP contribution in [0.3, 0.4) is 0 Å². The first kappa shape index (κ1) is 20.3. The zero-order chi connectivity index (χ0) is 19.8. The number of ether oxygens (including phenoxy) is 1. The molecule has 0 amide bonds. The van der Waals surface area contributed by atoms with Crippen molar-refractivity contribution in [1.82, 2.24) is 10.3 Å². The van der Waals surface area contributed by atoms with Crippen LogP contribution in [0.2, 0.25) is 0 Å². The third kappa shape index (κ3) is 6.03. The van der Waals surface area contributed by atoms with Crippen molar-refractivity contribution in [3.8, 4) is 0 Å². The molecule has 1 unspecified atom stereocenters. The summed E-state index contributed by atoms with van der Waals surface area (Å²) in [5.41, 5.74) is 5.99. The molecule has 2 heterocycles. The maximum Gasteiger partial charge on any atom is 0.329 e. The third-order valence-electron chi connectivity index (χ3n) is 4.88. The predicted molar refractivity (Wildman–Crippen MR) is 107 cm³/mol. The number of likely N-dealkylation sites (tertiary alicyclic amines) is 1. The van der Waals surface area contributed by atoms with Gasteiger partial charge in [-0.05, 0) is 30.9 Å². The molecule has 2 aliphatic heterocycles. The first-order valence-electron chi connectivity index (χ1n) is 9.79. The van der Waals surface area contributed by atoms with Crippen molar-refractivity contribution in [1.29, 1.82) is 0 Å². The van der Waals surface area contributed by atoms with Gasteiger partial charge in [0.1, 0.15) is 12.7 Å². The van der Waals surface area contributed by atoms with Crippen LogP contribution in [-0.4, -0.2) is 72.9 Å². The number of oxime groups is 1. The summed E-state index contributed by atoms with van der Waals surface area (Å²) < 4.78 is 5.38. The minimum absolute atomic E-state index is 0.0400. The zero-order valence-electron chi connectivity index (χ0n) is 16.2. The van der Waals surface area contributed by atoms with Crippen LogP contribution in [-0.2, 0) is 14.4 Å². The fraction of sp³-hybridized carbons (Fsp3) is 0.550. The fourth-order valence-electron chi connectivity index (χ4n) is 3.41. The summed E-state index contributed by atoms with van der Waals surface area (Å²) in [7, 11) is 0. The highest BCUT2D eigenvalue weighted by atomic mass is 16.6. The lowest BCUT2D eigenvalue weighted by atomic mass is 10.0. The average molecular weight is 388 g/mol. The maximum atomic E-state index is 10.6. The lowest BCUT2D eigenvalue weighted by Crippen LogP contribution is -2.41. The maximum absolute atomic E-state index is 10.6. The lowest BCUT2D eigenvalue weighted by molar-refractivity contribution is -0.145. The molecule has 2 N–H and O–H groups in total. The van der Waals surface area contributed by atoms with Crippen LogP contribution in [0.15, 0.2) is 34.5 Å². The number of benzene rings is 1. The zero-order valence-corrected chi connectivity index (χ0v) is 16.2. The largest absolute Gasteiger partial charge is 0.480 e. The van der Waals surface area contributed by atoms with Crippen LogP contribution in [0.25, 0.3) is 0 Å². The summed E-state index contributed by atoms with van der Waals surface area (Å²) in [5.74, 6) is -0.913. The second-order valence-electron chi connectivity index (χ2n) is 7.07. The lowest BCUT2D eigenvalue weighted by Gasteiger charge is -2.32. The van der Waals surface area contributed by atoms with Crippen LogP contribution < -0.4 is 5.43 Å². The van der Waals surface area contributed by atoms with Crippen molar-refractivity contribution in [2.24, 2.45) is 10.3 Å². The number of aliphatic carboxylic acids is 1. The highest BCUT2D eigenvalue weighted by Crippen LogP contribution is 2.20. The average Bonchev–Trinajstić information content (AvgIpc) is 3.16. The Kier molecular flexibility index (Phi) is 7.39. The highest BCUT2D eigenvalue weighted by molar-refractivity contribution is 6.01. The van der Waals surface area contributed by atoms with E-state index in [2.05, 4.69) is 20.6 Å². The van der Waals surface area contributed by atoms with Crippen LogP contribution in [0.4, 0.5) is 0 Å². The minimum atomic E-state index is -0.913. The Balaban J connectivity index is 1.41. The molecule has 0 bridgehead atoms. The van der Waals surface area contributed by atoms with Crippen LogP contribution in [0.1, 0.15) is 37.3 Å². The van der Waals surface area contributed by atoms with Crippen molar-refractivity contribution in [3.63, 3.8) is 0 Å². The van der Waals surface area contributed by atoms with E-state index in [1.165, 1.54) is 0 Å². The van der Waals surface area contributed by atoms with Crippen LogP contribution >= 0.6 is 0 Å². The first-order valence-corrected chi connectivity index (χ1v) is 9.79. The summed E-state index contributed by atoms with van der Waals surface area (Å²) in [6.45, 7) is 5.19.